The van der Waals surface area contributed by atoms with Gasteiger partial charge >= 0.3 is 5.97 Å². The minimum absolute atomic E-state index is 0.156. The second kappa shape index (κ2) is 8.27. The molecule has 1 aliphatic rings. The summed E-state index contributed by atoms with van der Waals surface area (Å²) < 4.78 is 16.8. The van der Waals surface area contributed by atoms with Crippen LogP contribution < -0.4 is 9.47 Å². The van der Waals surface area contributed by atoms with E-state index in [9.17, 15) is 9.90 Å². The van der Waals surface area contributed by atoms with Crippen LogP contribution in [0.25, 0.3) is 0 Å². The van der Waals surface area contributed by atoms with Crippen LogP contribution in [0.3, 0.4) is 0 Å². The summed E-state index contributed by atoms with van der Waals surface area (Å²) in [6.45, 7) is 3.81. The summed E-state index contributed by atoms with van der Waals surface area (Å²) >= 11 is 0. The number of piperidine rings is 1. The zero-order valence-corrected chi connectivity index (χ0v) is 15.2. The van der Waals surface area contributed by atoms with E-state index in [2.05, 4.69) is 4.90 Å². The topological polar surface area (TPSA) is 72.1 Å². The highest BCUT2D eigenvalue weighted by Gasteiger charge is 2.33. The van der Waals surface area contributed by atoms with Gasteiger partial charge in [0.2, 0.25) is 0 Å². The fraction of sp³-hybridized carbons (Fsp3) is 0.450. The van der Waals surface area contributed by atoms with Crippen molar-refractivity contribution in [1.82, 2.24) is 4.90 Å². The van der Waals surface area contributed by atoms with Crippen LogP contribution in [0.1, 0.15) is 37.1 Å². The second-order valence-corrected chi connectivity index (χ2v) is 6.43. The Kier molecular flexibility index (Phi) is 5.83. The zero-order chi connectivity index (χ0) is 18.5. The Morgan fingerprint density at radius 1 is 1.38 bits per heavy atom. The predicted molar refractivity (Wildman–Crippen MR) is 96.6 cm³/mol. The lowest BCUT2D eigenvalue weighted by atomic mass is 9.93. The molecule has 0 amide bonds. The van der Waals surface area contributed by atoms with E-state index in [1.54, 1.807) is 13.4 Å². The third kappa shape index (κ3) is 3.85. The van der Waals surface area contributed by atoms with Crippen LogP contribution in [0.2, 0.25) is 0 Å². The first kappa shape index (κ1) is 18.3. The SMILES string of the molecule is CCOc1ccc(C(c2ccco2)N2CCCC(C(=O)O)C2)cc1OC. The van der Waals surface area contributed by atoms with Crippen molar-refractivity contribution in [1.29, 1.82) is 0 Å². The number of methoxy groups -OCH3 is 1. The molecule has 0 saturated carbocycles. The van der Waals surface area contributed by atoms with E-state index in [-0.39, 0.29) is 12.0 Å². The van der Waals surface area contributed by atoms with Crippen LogP contribution in [0, 0.1) is 5.92 Å². The zero-order valence-electron chi connectivity index (χ0n) is 15.2. The van der Waals surface area contributed by atoms with Gasteiger partial charge in [-0.15, -0.1) is 0 Å². The Balaban J connectivity index is 1.96. The van der Waals surface area contributed by atoms with Crippen LogP contribution in [-0.2, 0) is 4.79 Å². The number of benzene rings is 1. The van der Waals surface area contributed by atoms with Crippen molar-refractivity contribution in [3.05, 3.63) is 47.9 Å². The molecule has 1 N–H and O–H groups in total. The van der Waals surface area contributed by atoms with E-state index < -0.39 is 5.97 Å². The molecule has 140 valence electrons. The van der Waals surface area contributed by atoms with Crippen LogP contribution in [-0.4, -0.2) is 42.8 Å². The number of furan rings is 1. The molecule has 1 aromatic carbocycles. The number of rotatable bonds is 7. The van der Waals surface area contributed by atoms with Gasteiger partial charge in [0.1, 0.15) is 5.76 Å². The van der Waals surface area contributed by atoms with Crippen LogP contribution >= 0.6 is 0 Å². The molecule has 0 aliphatic carbocycles. The molecule has 0 spiro atoms. The number of ether oxygens (including phenoxy) is 2. The van der Waals surface area contributed by atoms with Gasteiger partial charge in [0.05, 0.1) is 31.9 Å². The van der Waals surface area contributed by atoms with Crippen LogP contribution in [0.15, 0.2) is 41.0 Å². The first-order chi connectivity index (χ1) is 12.6. The number of nitrogens with zero attached hydrogens (tertiary/aromatic N) is 1. The minimum Gasteiger partial charge on any atom is -0.493 e. The lowest BCUT2D eigenvalue weighted by Crippen LogP contribution is -2.41. The highest BCUT2D eigenvalue weighted by atomic mass is 16.5. The quantitative estimate of drug-likeness (QED) is 0.815. The van der Waals surface area contributed by atoms with Crippen molar-refractivity contribution in [3.63, 3.8) is 0 Å². The van der Waals surface area contributed by atoms with E-state index in [1.807, 2.05) is 37.3 Å². The summed E-state index contributed by atoms with van der Waals surface area (Å²) in [7, 11) is 1.62. The van der Waals surface area contributed by atoms with Gasteiger partial charge in [0, 0.05) is 6.54 Å². The van der Waals surface area contributed by atoms with E-state index >= 15 is 0 Å². The Morgan fingerprint density at radius 2 is 2.23 bits per heavy atom. The van der Waals surface area contributed by atoms with E-state index in [0.717, 1.165) is 24.3 Å². The van der Waals surface area contributed by atoms with Gasteiger partial charge in [0.15, 0.2) is 11.5 Å². The lowest BCUT2D eigenvalue weighted by Gasteiger charge is -2.36. The van der Waals surface area contributed by atoms with Gasteiger partial charge in [-0.3, -0.25) is 9.69 Å². The minimum atomic E-state index is -0.739. The third-order valence-corrected chi connectivity index (χ3v) is 4.78. The molecule has 1 fully saturated rings. The normalized spacial score (nSPS) is 19.1. The molecule has 2 unspecified atom stereocenters. The monoisotopic (exact) mass is 359 g/mol. The average Bonchev–Trinajstić information content (AvgIpc) is 3.17. The van der Waals surface area contributed by atoms with Gasteiger partial charge in [-0.2, -0.15) is 0 Å². The van der Waals surface area contributed by atoms with Crippen molar-refractivity contribution in [3.8, 4) is 11.5 Å². The number of carboxylic acid groups (broad SMARTS) is 1. The predicted octanol–water partition coefficient (Wildman–Crippen LogP) is 3.57. The van der Waals surface area contributed by atoms with Crippen LogP contribution in [0.4, 0.5) is 0 Å². The fourth-order valence-electron chi connectivity index (χ4n) is 3.57. The molecule has 26 heavy (non-hydrogen) atoms. The molecule has 2 aromatic rings. The van der Waals surface area contributed by atoms with Gasteiger partial charge in [-0.25, -0.2) is 0 Å². The van der Waals surface area contributed by atoms with Crippen molar-refractivity contribution >= 4 is 5.97 Å². The number of carbonyl (C=O) groups is 1. The second-order valence-electron chi connectivity index (χ2n) is 6.43. The summed E-state index contributed by atoms with van der Waals surface area (Å²) in [4.78, 5) is 13.7. The Labute approximate surface area is 153 Å². The largest absolute Gasteiger partial charge is 0.493 e. The third-order valence-electron chi connectivity index (χ3n) is 4.78. The Morgan fingerprint density at radius 3 is 2.88 bits per heavy atom. The number of likely N-dealkylation sites (tertiary alicyclic amines) is 1. The molecule has 6 nitrogen and oxygen atoms in total. The summed E-state index contributed by atoms with van der Waals surface area (Å²) in [5.74, 6) is 1.05. The summed E-state index contributed by atoms with van der Waals surface area (Å²) in [5.41, 5.74) is 0.992. The lowest BCUT2D eigenvalue weighted by molar-refractivity contribution is -0.143. The van der Waals surface area contributed by atoms with Crippen molar-refractivity contribution in [2.24, 2.45) is 5.92 Å². The highest BCUT2D eigenvalue weighted by molar-refractivity contribution is 5.70. The standard InChI is InChI=1S/C20H25NO5/c1-3-25-16-9-8-14(12-18(16)24-2)19(17-7-5-11-26-17)21-10-4-6-15(13-21)20(22)23/h5,7-9,11-12,15,19H,3-4,6,10,13H2,1-2H3,(H,22,23). The number of carboxylic acids is 1. The first-order valence-corrected chi connectivity index (χ1v) is 8.95. The molecule has 0 bridgehead atoms. The molecular weight excluding hydrogens is 334 g/mol. The first-order valence-electron chi connectivity index (χ1n) is 8.95. The summed E-state index contributed by atoms with van der Waals surface area (Å²) in [6, 6.07) is 9.46. The molecule has 2 atom stereocenters. The van der Waals surface area contributed by atoms with E-state index in [4.69, 9.17) is 13.9 Å². The molecule has 1 saturated heterocycles. The van der Waals surface area contributed by atoms with Gasteiger partial charge in [-0.05, 0) is 56.1 Å². The molecule has 3 rings (SSSR count). The molecular formula is C20H25NO5. The smallest absolute Gasteiger partial charge is 0.307 e. The average molecular weight is 359 g/mol. The van der Waals surface area contributed by atoms with E-state index in [1.165, 1.54) is 0 Å². The molecule has 2 heterocycles. The number of aliphatic carboxylic acids is 1. The van der Waals surface area contributed by atoms with Crippen molar-refractivity contribution < 1.29 is 23.8 Å². The maximum Gasteiger partial charge on any atom is 0.307 e. The summed E-state index contributed by atoms with van der Waals surface area (Å²) in [6.07, 6.45) is 3.21. The Hall–Kier alpha value is -2.47. The molecule has 1 aromatic heterocycles. The maximum absolute atomic E-state index is 11.5. The van der Waals surface area contributed by atoms with Crippen LogP contribution in [0.5, 0.6) is 11.5 Å². The molecule has 1 aliphatic heterocycles. The van der Waals surface area contributed by atoms with Gasteiger partial charge < -0.3 is 19.0 Å². The Bertz CT molecular complexity index is 728. The molecule has 0 radical (unpaired) electrons. The van der Waals surface area contributed by atoms with Crippen molar-refractivity contribution in [2.45, 2.75) is 25.8 Å². The number of hydrogen-bond acceptors (Lipinski definition) is 5. The van der Waals surface area contributed by atoms with E-state index in [0.29, 0.717) is 31.1 Å². The molecule has 6 heteroatoms. The summed E-state index contributed by atoms with van der Waals surface area (Å²) in [5, 5.41) is 9.43. The maximum atomic E-state index is 11.5. The van der Waals surface area contributed by atoms with Crippen molar-refractivity contribution in [2.75, 3.05) is 26.8 Å². The van der Waals surface area contributed by atoms with Gasteiger partial charge in [0.25, 0.3) is 0 Å². The van der Waals surface area contributed by atoms with Gasteiger partial charge in [-0.1, -0.05) is 6.07 Å². The number of hydrogen-bond donors (Lipinski definition) is 1. The highest BCUT2D eigenvalue weighted by Crippen LogP contribution is 2.37. The fourth-order valence-corrected chi connectivity index (χ4v) is 3.57.